The average Bonchev–Trinajstić information content (AvgIpc) is 2.81. The number of aromatic amines is 1. The summed E-state index contributed by atoms with van der Waals surface area (Å²) in [4.78, 5) is 12.6. The minimum atomic E-state index is 1.08. The summed E-state index contributed by atoms with van der Waals surface area (Å²) in [6, 6.07) is 2.11. The van der Waals surface area contributed by atoms with Gasteiger partial charge in [-0.05, 0) is 20.0 Å². The number of nitrogens with one attached hydrogen (secondary N) is 1. The number of H-pyrrole nitrogens is 1. The highest BCUT2D eigenvalue weighted by Crippen LogP contribution is 2.27. The lowest BCUT2D eigenvalue weighted by Gasteiger charge is -2.34. The zero-order valence-corrected chi connectivity index (χ0v) is 10.4. The van der Waals surface area contributed by atoms with Gasteiger partial charge in [-0.2, -0.15) is 0 Å². The number of piperazine rings is 1. The molecule has 3 rings (SSSR count). The standard InChI is InChI=1S/C13H18N4/c1-10-11-3-4-14-13(11)12(9-15-10)17-7-5-16(2)6-8-17/h3-4,9,14H,5-8H2,1-2H3. The second kappa shape index (κ2) is 4.04. The average molecular weight is 230 g/mol. The van der Waals surface area contributed by atoms with Crippen molar-refractivity contribution in [3.8, 4) is 0 Å². The maximum atomic E-state index is 4.50. The Bertz CT molecular complexity index is 523. The molecule has 0 amide bonds. The summed E-state index contributed by atoms with van der Waals surface area (Å²) in [5.41, 5.74) is 3.56. The summed E-state index contributed by atoms with van der Waals surface area (Å²) in [7, 11) is 2.18. The Hall–Kier alpha value is -1.55. The van der Waals surface area contributed by atoms with Crippen molar-refractivity contribution in [1.82, 2.24) is 14.9 Å². The Balaban J connectivity index is 2.00. The molecule has 4 nitrogen and oxygen atoms in total. The minimum Gasteiger partial charge on any atom is -0.366 e. The lowest BCUT2D eigenvalue weighted by atomic mass is 10.2. The number of rotatable bonds is 1. The molecule has 17 heavy (non-hydrogen) atoms. The van der Waals surface area contributed by atoms with Gasteiger partial charge in [0.15, 0.2) is 0 Å². The van der Waals surface area contributed by atoms with Gasteiger partial charge in [-0.3, -0.25) is 4.98 Å². The fraction of sp³-hybridized carbons (Fsp3) is 0.462. The molecule has 0 bridgehead atoms. The van der Waals surface area contributed by atoms with Crippen LogP contribution in [0, 0.1) is 6.92 Å². The number of pyridine rings is 1. The second-order valence-corrected chi connectivity index (χ2v) is 4.79. The number of anilines is 1. The molecule has 0 unspecified atom stereocenters. The number of hydrogen-bond acceptors (Lipinski definition) is 3. The van der Waals surface area contributed by atoms with Crippen LogP contribution >= 0.6 is 0 Å². The molecule has 90 valence electrons. The summed E-state index contributed by atoms with van der Waals surface area (Å²) >= 11 is 0. The number of aromatic nitrogens is 2. The fourth-order valence-corrected chi connectivity index (χ4v) is 2.46. The van der Waals surface area contributed by atoms with E-state index in [1.165, 1.54) is 16.6 Å². The molecule has 2 aromatic heterocycles. The van der Waals surface area contributed by atoms with Crippen molar-refractivity contribution in [1.29, 1.82) is 0 Å². The topological polar surface area (TPSA) is 35.2 Å². The highest BCUT2D eigenvalue weighted by Gasteiger charge is 2.17. The van der Waals surface area contributed by atoms with Gasteiger partial charge in [-0.25, -0.2) is 0 Å². The second-order valence-electron chi connectivity index (χ2n) is 4.79. The van der Waals surface area contributed by atoms with Crippen LogP contribution in [0.2, 0.25) is 0 Å². The van der Waals surface area contributed by atoms with E-state index in [1.54, 1.807) is 0 Å². The van der Waals surface area contributed by atoms with Crippen LogP contribution < -0.4 is 4.90 Å². The van der Waals surface area contributed by atoms with Crippen molar-refractivity contribution in [2.45, 2.75) is 6.92 Å². The van der Waals surface area contributed by atoms with Crippen molar-refractivity contribution in [3.63, 3.8) is 0 Å². The van der Waals surface area contributed by atoms with Gasteiger partial charge in [0, 0.05) is 43.5 Å². The summed E-state index contributed by atoms with van der Waals surface area (Å²) in [5.74, 6) is 0. The van der Waals surface area contributed by atoms with E-state index in [0.717, 1.165) is 31.9 Å². The Morgan fingerprint density at radius 3 is 2.76 bits per heavy atom. The Morgan fingerprint density at radius 2 is 2.00 bits per heavy atom. The molecule has 2 aromatic rings. The normalized spacial score (nSPS) is 17.9. The first-order valence-corrected chi connectivity index (χ1v) is 6.12. The molecule has 1 aliphatic heterocycles. The van der Waals surface area contributed by atoms with Crippen LogP contribution in [0.5, 0.6) is 0 Å². The zero-order valence-electron chi connectivity index (χ0n) is 10.4. The first-order valence-electron chi connectivity index (χ1n) is 6.12. The maximum Gasteiger partial charge on any atom is 0.0799 e. The summed E-state index contributed by atoms with van der Waals surface area (Å²) in [6.45, 7) is 6.46. The third-order valence-electron chi connectivity index (χ3n) is 3.62. The van der Waals surface area contributed by atoms with Crippen molar-refractivity contribution in [2.24, 2.45) is 0 Å². The van der Waals surface area contributed by atoms with Crippen LogP contribution in [0.1, 0.15) is 5.69 Å². The van der Waals surface area contributed by atoms with Gasteiger partial charge in [-0.15, -0.1) is 0 Å². The van der Waals surface area contributed by atoms with E-state index in [9.17, 15) is 0 Å². The number of fused-ring (bicyclic) bond motifs is 1. The van der Waals surface area contributed by atoms with E-state index in [0.29, 0.717) is 0 Å². The predicted molar refractivity (Wildman–Crippen MR) is 70.5 cm³/mol. The number of aryl methyl sites for hydroxylation is 1. The van der Waals surface area contributed by atoms with Gasteiger partial charge in [0.2, 0.25) is 0 Å². The van der Waals surface area contributed by atoms with Crippen molar-refractivity contribution >= 4 is 16.6 Å². The van der Waals surface area contributed by atoms with Crippen LogP contribution in [0.15, 0.2) is 18.5 Å². The molecule has 0 aliphatic carbocycles. The van der Waals surface area contributed by atoms with E-state index in [4.69, 9.17) is 0 Å². The molecular weight excluding hydrogens is 212 g/mol. The molecule has 3 heterocycles. The number of nitrogens with zero attached hydrogens (tertiary/aromatic N) is 3. The van der Waals surface area contributed by atoms with Gasteiger partial charge in [0.1, 0.15) is 0 Å². The summed E-state index contributed by atoms with van der Waals surface area (Å²) in [6.07, 6.45) is 4.00. The Kier molecular flexibility index (Phi) is 2.52. The van der Waals surface area contributed by atoms with Crippen LogP contribution in [0.4, 0.5) is 5.69 Å². The Labute approximate surface area is 101 Å². The Morgan fingerprint density at radius 1 is 1.24 bits per heavy atom. The molecule has 0 aromatic carbocycles. The molecule has 0 radical (unpaired) electrons. The van der Waals surface area contributed by atoms with Gasteiger partial charge in [0.25, 0.3) is 0 Å². The fourth-order valence-electron chi connectivity index (χ4n) is 2.46. The van der Waals surface area contributed by atoms with Crippen LogP contribution in [-0.4, -0.2) is 48.1 Å². The van der Waals surface area contributed by atoms with Crippen LogP contribution in [-0.2, 0) is 0 Å². The van der Waals surface area contributed by atoms with E-state index in [-0.39, 0.29) is 0 Å². The van der Waals surface area contributed by atoms with Crippen molar-refractivity contribution in [2.75, 3.05) is 38.1 Å². The molecule has 1 aliphatic rings. The van der Waals surface area contributed by atoms with E-state index >= 15 is 0 Å². The van der Waals surface area contributed by atoms with E-state index in [2.05, 4.69) is 39.8 Å². The van der Waals surface area contributed by atoms with Gasteiger partial charge < -0.3 is 14.8 Å². The minimum absolute atomic E-state index is 1.08. The first kappa shape index (κ1) is 10.6. The van der Waals surface area contributed by atoms with Gasteiger partial charge in [-0.1, -0.05) is 0 Å². The number of hydrogen-bond donors (Lipinski definition) is 1. The molecule has 0 atom stereocenters. The highest BCUT2D eigenvalue weighted by molar-refractivity contribution is 5.92. The smallest absolute Gasteiger partial charge is 0.0799 e. The van der Waals surface area contributed by atoms with Gasteiger partial charge >= 0.3 is 0 Å². The van der Waals surface area contributed by atoms with Crippen LogP contribution in [0.3, 0.4) is 0 Å². The first-order chi connectivity index (χ1) is 8.25. The molecule has 1 fully saturated rings. The molecule has 1 N–H and O–H groups in total. The molecule has 1 saturated heterocycles. The van der Waals surface area contributed by atoms with Crippen molar-refractivity contribution < 1.29 is 0 Å². The quantitative estimate of drug-likeness (QED) is 0.808. The highest BCUT2D eigenvalue weighted by atomic mass is 15.3. The van der Waals surface area contributed by atoms with Gasteiger partial charge in [0.05, 0.1) is 17.4 Å². The largest absolute Gasteiger partial charge is 0.366 e. The summed E-state index contributed by atoms with van der Waals surface area (Å²) in [5, 5.41) is 1.24. The monoisotopic (exact) mass is 230 g/mol. The maximum absolute atomic E-state index is 4.50. The predicted octanol–water partition coefficient (Wildman–Crippen LogP) is 1.62. The molecular formula is C13H18N4. The zero-order chi connectivity index (χ0) is 11.8. The van der Waals surface area contributed by atoms with E-state index < -0.39 is 0 Å². The van der Waals surface area contributed by atoms with E-state index in [1.807, 2.05) is 12.4 Å². The molecule has 0 spiro atoms. The lowest BCUT2D eigenvalue weighted by Crippen LogP contribution is -2.44. The summed E-state index contributed by atoms with van der Waals surface area (Å²) < 4.78 is 0. The molecule has 4 heteroatoms. The third kappa shape index (κ3) is 1.78. The third-order valence-corrected chi connectivity index (χ3v) is 3.62. The van der Waals surface area contributed by atoms with Crippen molar-refractivity contribution in [3.05, 3.63) is 24.2 Å². The molecule has 0 saturated carbocycles. The SMILES string of the molecule is Cc1ncc(N2CCN(C)CC2)c2[nH]ccc12. The lowest BCUT2D eigenvalue weighted by molar-refractivity contribution is 0.313. The number of likely N-dealkylation sites (N-methyl/N-ethyl adjacent to an activating group) is 1. The van der Waals surface area contributed by atoms with Crippen LogP contribution in [0.25, 0.3) is 10.9 Å².